The second-order valence-electron chi connectivity index (χ2n) is 3.34. The lowest BCUT2D eigenvalue weighted by atomic mass is 10.3. The van der Waals surface area contributed by atoms with Gasteiger partial charge >= 0.3 is 6.18 Å². The number of nitrogens with two attached hydrogens (primary N) is 1. The molecular formula is C9H7BrF3N3. The van der Waals surface area contributed by atoms with Gasteiger partial charge in [-0.1, -0.05) is 0 Å². The fraction of sp³-hybridized carbons (Fsp3) is 0.222. The molecule has 1 aromatic heterocycles. The van der Waals surface area contributed by atoms with Gasteiger partial charge < -0.3 is 10.7 Å². The summed E-state index contributed by atoms with van der Waals surface area (Å²) in [6.45, 7) is 0. The van der Waals surface area contributed by atoms with Crippen LogP contribution in [0.5, 0.6) is 0 Å². The molecule has 7 heteroatoms. The van der Waals surface area contributed by atoms with Crippen molar-refractivity contribution in [1.82, 2.24) is 9.97 Å². The highest BCUT2D eigenvalue weighted by Crippen LogP contribution is 2.29. The Labute approximate surface area is 97.0 Å². The van der Waals surface area contributed by atoms with Gasteiger partial charge in [0.25, 0.3) is 0 Å². The number of benzene rings is 1. The van der Waals surface area contributed by atoms with Crippen molar-refractivity contribution in [3.8, 4) is 0 Å². The van der Waals surface area contributed by atoms with Gasteiger partial charge in [-0.3, -0.25) is 0 Å². The number of hydrogen-bond donors (Lipinski definition) is 2. The maximum atomic E-state index is 12.2. The number of rotatable bonds is 1. The van der Waals surface area contributed by atoms with E-state index in [0.29, 0.717) is 21.2 Å². The first-order chi connectivity index (χ1) is 7.37. The quantitative estimate of drug-likeness (QED) is 0.794. The van der Waals surface area contributed by atoms with E-state index in [0.717, 1.165) is 0 Å². The van der Waals surface area contributed by atoms with Crippen LogP contribution in [0.3, 0.4) is 0 Å². The van der Waals surface area contributed by atoms with Crippen molar-refractivity contribution in [2.75, 3.05) is 5.73 Å². The largest absolute Gasteiger partial charge is 0.398 e. The monoisotopic (exact) mass is 293 g/mol. The van der Waals surface area contributed by atoms with Gasteiger partial charge in [0.05, 0.1) is 9.99 Å². The summed E-state index contributed by atoms with van der Waals surface area (Å²) in [5, 5.41) is 0. The van der Waals surface area contributed by atoms with Crippen LogP contribution in [-0.4, -0.2) is 16.1 Å². The Morgan fingerprint density at radius 2 is 2.06 bits per heavy atom. The van der Waals surface area contributed by atoms with Crippen LogP contribution in [0.25, 0.3) is 11.0 Å². The maximum Gasteiger partial charge on any atom is 0.396 e. The van der Waals surface area contributed by atoms with E-state index in [1.165, 1.54) is 0 Å². The normalized spacial score (nSPS) is 12.2. The van der Waals surface area contributed by atoms with Crippen LogP contribution in [-0.2, 0) is 6.42 Å². The molecule has 0 amide bonds. The summed E-state index contributed by atoms with van der Waals surface area (Å²) in [5.74, 6) is -0.117. The Morgan fingerprint density at radius 3 is 2.69 bits per heavy atom. The molecule has 0 saturated carbocycles. The van der Waals surface area contributed by atoms with Crippen LogP contribution in [0.4, 0.5) is 18.9 Å². The summed E-state index contributed by atoms with van der Waals surface area (Å²) >= 11 is 3.18. The molecule has 3 nitrogen and oxygen atoms in total. The molecule has 0 saturated heterocycles. The van der Waals surface area contributed by atoms with E-state index < -0.39 is 12.6 Å². The van der Waals surface area contributed by atoms with Crippen molar-refractivity contribution in [2.45, 2.75) is 12.6 Å². The summed E-state index contributed by atoms with van der Waals surface area (Å²) < 4.78 is 37.0. The fourth-order valence-electron chi connectivity index (χ4n) is 1.38. The molecule has 1 heterocycles. The number of aromatic nitrogens is 2. The molecule has 86 valence electrons. The summed E-state index contributed by atoms with van der Waals surface area (Å²) in [6.07, 6.45) is -5.35. The van der Waals surface area contributed by atoms with Crippen LogP contribution in [0.2, 0.25) is 0 Å². The molecule has 2 rings (SSSR count). The van der Waals surface area contributed by atoms with Crippen molar-refractivity contribution in [3.63, 3.8) is 0 Å². The van der Waals surface area contributed by atoms with Crippen molar-refractivity contribution in [1.29, 1.82) is 0 Å². The van der Waals surface area contributed by atoms with Gasteiger partial charge in [-0.25, -0.2) is 4.98 Å². The molecule has 0 bridgehead atoms. The Hall–Kier alpha value is -1.24. The number of nitrogens with zero attached hydrogens (tertiary/aromatic N) is 1. The lowest BCUT2D eigenvalue weighted by Gasteiger charge is -2.01. The summed E-state index contributed by atoms with van der Waals surface area (Å²) in [4.78, 5) is 6.46. The standard InChI is InChI=1S/C9H7BrF3N3/c10-7-4(14)1-2-5-8(7)16-6(15-5)3-9(11,12)13/h1-2H,3,14H2,(H,15,16). The van der Waals surface area contributed by atoms with Crippen molar-refractivity contribution in [3.05, 3.63) is 22.4 Å². The van der Waals surface area contributed by atoms with Crippen LogP contribution in [0, 0.1) is 0 Å². The highest BCUT2D eigenvalue weighted by molar-refractivity contribution is 9.10. The highest BCUT2D eigenvalue weighted by Gasteiger charge is 2.29. The van der Waals surface area contributed by atoms with E-state index in [1.807, 2.05) is 0 Å². The third kappa shape index (κ3) is 2.13. The second-order valence-corrected chi connectivity index (χ2v) is 4.13. The molecule has 0 spiro atoms. The Bertz CT molecular complexity index is 533. The molecule has 3 N–H and O–H groups in total. The number of halogens is 4. The number of H-pyrrole nitrogens is 1. The molecule has 0 fully saturated rings. The number of nitrogens with one attached hydrogen (secondary N) is 1. The molecule has 0 aliphatic rings. The van der Waals surface area contributed by atoms with Gasteiger partial charge in [-0.15, -0.1) is 0 Å². The van der Waals surface area contributed by atoms with Gasteiger partial charge in [0.2, 0.25) is 0 Å². The zero-order valence-electron chi connectivity index (χ0n) is 7.90. The minimum absolute atomic E-state index is 0.117. The Morgan fingerprint density at radius 1 is 1.38 bits per heavy atom. The lowest BCUT2D eigenvalue weighted by molar-refractivity contribution is -0.128. The van der Waals surface area contributed by atoms with E-state index in [1.54, 1.807) is 12.1 Å². The van der Waals surface area contributed by atoms with Crippen molar-refractivity contribution in [2.24, 2.45) is 0 Å². The third-order valence-electron chi connectivity index (χ3n) is 2.04. The number of alkyl halides is 3. The van der Waals surface area contributed by atoms with Gasteiger partial charge in [0.1, 0.15) is 17.8 Å². The lowest BCUT2D eigenvalue weighted by Crippen LogP contribution is -2.12. The number of anilines is 1. The molecule has 0 unspecified atom stereocenters. The molecule has 0 radical (unpaired) electrons. The van der Waals surface area contributed by atoms with E-state index in [2.05, 4.69) is 25.9 Å². The molecular weight excluding hydrogens is 287 g/mol. The van der Waals surface area contributed by atoms with E-state index in [-0.39, 0.29) is 5.82 Å². The second kappa shape index (κ2) is 3.65. The summed E-state index contributed by atoms with van der Waals surface area (Å²) in [6, 6.07) is 3.20. The van der Waals surface area contributed by atoms with Gasteiger partial charge in [-0.2, -0.15) is 13.2 Å². The molecule has 16 heavy (non-hydrogen) atoms. The number of aromatic amines is 1. The predicted molar refractivity (Wildman–Crippen MR) is 58.0 cm³/mol. The smallest absolute Gasteiger partial charge is 0.396 e. The van der Waals surface area contributed by atoms with Crippen molar-refractivity contribution < 1.29 is 13.2 Å². The first-order valence-corrected chi connectivity index (χ1v) is 5.15. The van der Waals surface area contributed by atoms with Crippen LogP contribution in [0.15, 0.2) is 16.6 Å². The SMILES string of the molecule is Nc1ccc2[nH]c(CC(F)(F)F)nc2c1Br. The van der Waals surface area contributed by atoms with Gasteiger partial charge in [-0.05, 0) is 28.1 Å². The zero-order valence-corrected chi connectivity index (χ0v) is 9.48. The first-order valence-electron chi connectivity index (χ1n) is 4.36. The molecule has 2 aromatic rings. The first kappa shape index (κ1) is 11.3. The number of fused-ring (bicyclic) bond motifs is 1. The Balaban J connectivity index is 2.48. The minimum Gasteiger partial charge on any atom is -0.398 e. The fourth-order valence-corrected chi connectivity index (χ4v) is 1.82. The average molecular weight is 294 g/mol. The van der Waals surface area contributed by atoms with E-state index in [9.17, 15) is 13.2 Å². The van der Waals surface area contributed by atoms with E-state index in [4.69, 9.17) is 5.73 Å². The predicted octanol–water partition coefficient (Wildman–Crippen LogP) is 3.01. The van der Waals surface area contributed by atoms with Crippen LogP contribution in [0.1, 0.15) is 5.82 Å². The van der Waals surface area contributed by atoms with Gasteiger partial charge in [0, 0.05) is 5.69 Å². The highest BCUT2D eigenvalue weighted by atomic mass is 79.9. The van der Waals surface area contributed by atoms with Gasteiger partial charge in [0.15, 0.2) is 0 Å². The zero-order chi connectivity index (χ0) is 11.9. The molecule has 0 aliphatic carbocycles. The number of imidazole rings is 1. The summed E-state index contributed by atoms with van der Waals surface area (Å²) in [5.41, 5.74) is 6.99. The number of hydrogen-bond acceptors (Lipinski definition) is 2. The molecule has 0 atom stereocenters. The number of nitrogen functional groups attached to an aromatic ring is 1. The van der Waals surface area contributed by atoms with Crippen LogP contribution >= 0.6 is 15.9 Å². The topological polar surface area (TPSA) is 54.7 Å². The molecule has 1 aromatic carbocycles. The third-order valence-corrected chi connectivity index (χ3v) is 2.87. The minimum atomic E-state index is -4.27. The average Bonchev–Trinajstić information content (AvgIpc) is 2.52. The van der Waals surface area contributed by atoms with E-state index >= 15 is 0 Å². The Kier molecular flexibility index (Phi) is 2.57. The van der Waals surface area contributed by atoms with Crippen molar-refractivity contribution >= 4 is 32.7 Å². The summed E-state index contributed by atoms with van der Waals surface area (Å²) in [7, 11) is 0. The molecule has 0 aliphatic heterocycles. The maximum absolute atomic E-state index is 12.2. The van der Waals surface area contributed by atoms with Crippen LogP contribution < -0.4 is 5.73 Å².